The Morgan fingerprint density at radius 2 is 1.89 bits per heavy atom. The second kappa shape index (κ2) is 5.61. The monoisotopic (exact) mass is 259 g/mol. The molecule has 4 heteroatoms. The second-order valence-electron chi connectivity index (χ2n) is 4.43. The fourth-order valence-corrected chi connectivity index (χ4v) is 1.77. The topological polar surface area (TPSA) is 51.5 Å². The van der Waals surface area contributed by atoms with Crippen molar-refractivity contribution in [3.05, 3.63) is 53.5 Å². The molecule has 0 aliphatic heterocycles. The van der Waals surface area contributed by atoms with E-state index < -0.39 is 5.97 Å². The zero-order valence-electron chi connectivity index (χ0n) is 11.3. The lowest BCUT2D eigenvalue weighted by molar-refractivity contribution is 0.0562. The van der Waals surface area contributed by atoms with Crippen LogP contribution in [-0.2, 0) is 4.74 Å². The average molecular weight is 259 g/mol. The summed E-state index contributed by atoms with van der Waals surface area (Å²) >= 11 is 0. The lowest BCUT2D eigenvalue weighted by atomic mass is 10.2. The van der Waals surface area contributed by atoms with Gasteiger partial charge in [-0.3, -0.25) is 0 Å². The zero-order valence-corrected chi connectivity index (χ0v) is 11.3. The van der Waals surface area contributed by atoms with Crippen LogP contribution in [-0.4, -0.2) is 13.1 Å². The van der Waals surface area contributed by atoms with Gasteiger partial charge in [-0.05, 0) is 38.1 Å². The molecule has 0 aliphatic carbocycles. The molecule has 1 heterocycles. The third-order valence-electron chi connectivity index (χ3n) is 2.87. The molecule has 0 fully saturated rings. The lowest BCUT2D eigenvalue weighted by Crippen LogP contribution is -2.05. The van der Waals surface area contributed by atoms with Crippen molar-refractivity contribution in [3.63, 3.8) is 0 Å². The summed E-state index contributed by atoms with van der Waals surface area (Å²) < 4.78 is 10.1. The van der Waals surface area contributed by atoms with Gasteiger partial charge in [0.25, 0.3) is 0 Å². The van der Waals surface area contributed by atoms with Crippen molar-refractivity contribution >= 4 is 11.7 Å². The standard InChI is InChI=1S/C15H17NO3/c1-10-4-6-12(7-5-10)16-11(2)13-8-9-14(19-13)15(17)18-3/h4-9,11,16H,1-3H3. The maximum Gasteiger partial charge on any atom is 0.373 e. The normalized spacial score (nSPS) is 11.9. The Balaban J connectivity index is 2.07. The Hall–Kier alpha value is -2.23. The van der Waals surface area contributed by atoms with Crippen LogP contribution in [0.1, 0.15) is 34.8 Å². The molecule has 4 nitrogen and oxygen atoms in total. The van der Waals surface area contributed by atoms with Crippen LogP contribution < -0.4 is 5.32 Å². The molecule has 100 valence electrons. The van der Waals surface area contributed by atoms with Crippen LogP contribution in [0.2, 0.25) is 0 Å². The minimum Gasteiger partial charge on any atom is -0.463 e. The van der Waals surface area contributed by atoms with E-state index in [1.54, 1.807) is 12.1 Å². The van der Waals surface area contributed by atoms with Gasteiger partial charge in [-0.25, -0.2) is 4.79 Å². The Morgan fingerprint density at radius 3 is 2.53 bits per heavy atom. The van der Waals surface area contributed by atoms with Crippen molar-refractivity contribution in [2.75, 3.05) is 12.4 Å². The first-order valence-corrected chi connectivity index (χ1v) is 6.11. The molecule has 1 aromatic heterocycles. The molecule has 0 aliphatic rings. The molecule has 1 unspecified atom stereocenters. The summed E-state index contributed by atoms with van der Waals surface area (Å²) in [6, 6.07) is 11.5. The van der Waals surface area contributed by atoms with Crippen LogP contribution in [0.25, 0.3) is 0 Å². The largest absolute Gasteiger partial charge is 0.463 e. The van der Waals surface area contributed by atoms with Gasteiger partial charge in [-0.1, -0.05) is 17.7 Å². The number of carbonyl (C=O) groups is 1. The Kier molecular flexibility index (Phi) is 3.90. The molecular formula is C15H17NO3. The number of nitrogens with one attached hydrogen (secondary N) is 1. The van der Waals surface area contributed by atoms with Gasteiger partial charge in [0.15, 0.2) is 0 Å². The molecule has 0 saturated carbocycles. The quantitative estimate of drug-likeness (QED) is 0.853. The van der Waals surface area contributed by atoms with Crippen LogP contribution in [0.3, 0.4) is 0 Å². The van der Waals surface area contributed by atoms with Gasteiger partial charge in [0, 0.05) is 5.69 Å². The van der Waals surface area contributed by atoms with Gasteiger partial charge in [0.05, 0.1) is 13.2 Å². The van der Waals surface area contributed by atoms with Crippen molar-refractivity contribution in [1.29, 1.82) is 0 Å². The highest BCUT2D eigenvalue weighted by Gasteiger charge is 2.15. The smallest absolute Gasteiger partial charge is 0.373 e. The molecule has 2 rings (SSSR count). The van der Waals surface area contributed by atoms with E-state index in [0.717, 1.165) is 5.69 Å². The van der Waals surface area contributed by atoms with Crippen LogP contribution in [0.4, 0.5) is 5.69 Å². The maximum absolute atomic E-state index is 11.3. The molecule has 1 aromatic carbocycles. The number of furan rings is 1. The number of anilines is 1. The summed E-state index contributed by atoms with van der Waals surface area (Å²) in [6.45, 7) is 4.02. The van der Waals surface area contributed by atoms with Crippen molar-refractivity contribution < 1.29 is 13.9 Å². The summed E-state index contributed by atoms with van der Waals surface area (Å²) in [5.41, 5.74) is 2.22. The summed E-state index contributed by atoms with van der Waals surface area (Å²) in [7, 11) is 1.33. The van der Waals surface area contributed by atoms with E-state index >= 15 is 0 Å². The minimum absolute atomic E-state index is 0.0267. The predicted octanol–water partition coefficient (Wildman–Crippen LogP) is 3.55. The maximum atomic E-state index is 11.3. The molecule has 19 heavy (non-hydrogen) atoms. The molecule has 0 saturated heterocycles. The van der Waals surface area contributed by atoms with E-state index in [-0.39, 0.29) is 11.8 Å². The summed E-state index contributed by atoms with van der Waals surface area (Å²) in [6.07, 6.45) is 0. The molecule has 2 aromatic rings. The predicted molar refractivity (Wildman–Crippen MR) is 73.3 cm³/mol. The van der Waals surface area contributed by atoms with Gasteiger partial charge in [-0.2, -0.15) is 0 Å². The number of carbonyl (C=O) groups excluding carboxylic acids is 1. The highest BCUT2D eigenvalue weighted by atomic mass is 16.5. The van der Waals surface area contributed by atoms with Crippen LogP contribution >= 0.6 is 0 Å². The number of rotatable bonds is 4. The van der Waals surface area contributed by atoms with Crippen LogP contribution in [0.15, 0.2) is 40.8 Å². The summed E-state index contributed by atoms with van der Waals surface area (Å²) in [5.74, 6) is 0.449. The Bertz CT molecular complexity index is 557. The first kappa shape index (κ1) is 13.2. The van der Waals surface area contributed by atoms with Crippen molar-refractivity contribution in [2.24, 2.45) is 0 Å². The van der Waals surface area contributed by atoms with Crippen LogP contribution in [0, 0.1) is 6.92 Å². The van der Waals surface area contributed by atoms with E-state index in [4.69, 9.17) is 4.42 Å². The molecule has 0 bridgehead atoms. The van der Waals surface area contributed by atoms with Gasteiger partial charge < -0.3 is 14.5 Å². The van der Waals surface area contributed by atoms with Crippen molar-refractivity contribution in [1.82, 2.24) is 0 Å². The molecule has 1 N–H and O–H groups in total. The number of hydrogen-bond acceptors (Lipinski definition) is 4. The minimum atomic E-state index is -0.464. The number of hydrogen-bond donors (Lipinski definition) is 1. The molecule has 0 amide bonds. The Morgan fingerprint density at radius 1 is 1.21 bits per heavy atom. The van der Waals surface area contributed by atoms with E-state index in [2.05, 4.69) is 10.1 Å². The first-order chi connectivity index (χ1) is 9.10. The van der Waals surface area contributed by atoms with Gasteiger partial charge >= 0.3 is 5.97 Å². The molecular weight excluding hydrogens is 242 g/mol. The fourth-order valence-electron chi connectivity index (χ4n) is 1.77. The lowest BCUT2D eigenvalue weighted by Gasteiger charge is -2.13. The number of esters is 1. The van der Waals surface area contributed by atoms with E-state index in [1.165, 1.54) is 12.7 Å². The van der Waals surface area contributed by atoms with Gasteiger partial charge in [-0.15, -0.1) is 0 Å². The third-order valence-corrected chi connectivity index (χ3v) is 2.87. The number of ether oxygens (including phenoxy) is 1. The van der Waals surface area contributed by atoms with E-state index in [0.29, 0.717) is 5.76 Å². The molecule has 1 atom stereocenters. The zero-order chi connectivity index (χ0) is 13.8. The van der Waals surface area contributed by atoms with Gasteiger partial charge in [0.1, 0.15) is 5.76 Å². The second-order valence-corrected chi connectivity index (χ2v) is 4.43. The number of aryl methyl sites for hydroxylation is 1. The van der Waals surface area contributed by atoms with Gasteiger partial charge in [0.2, 0.25) is 5.76 Å². The highest BCUT2D eigenvalue weighted by molar-refractivity contribution is 5.86. The highest BCUT2D eigenvalue weighted by Crippen LogP contribution is 2.21. The average Bonchev–Trinajstić information content (AvgIpc) is 2.90. The number of methoxy groups -OCH3 is 1. The summed E-state index contributed by atoms with van der Waals surface area (Å²) in [5, 5.41) is 3.31. The van der Waals surface area contributed by atoms with Crippen molar-refractivity contribution in [2.45, 2.75) is 19.9 Å². The first-order valence-electron chi connectivity index (χ1n) is 6.11. The fraction of sp³-hybridized carbons (Fsp3) is 0.267. The Labute approximate surface area is 112 Å². The van der Waals surface area contributed by atoms with Crippen LogP contribution in [0.5, 0.6) is 0 Å². The third kappa shape index (κ3) is 3.16. The molecule has 0 spiro atoms. The molecule has 0 radical (unpaired) electrons. The van der Waals surface area contributed by atoms with E-state index in [1.807, 2.05) is 38.1 Å². The van der Waals surface area contributed by atoms with Crippen molar-refractivity contribution in [3.8, 4) is 0 Å². The van der Waals surface area contributed by atoms with E-state index in [9.17, 15) is 4.79 Å². The number of benzene rings is 1. The summed E-state index contributed by atoms with van der Waals surface area (Å²) in [4.78, 5) is 11.3. The SMILES string of the molecule is COC(=O)c1ccc(C(C)Nc2ccc(C)cc2)o1.